The zero-order valence-electron chi connectivity index (χ0n) is 11.0. The Morgan fingerprint density at radius 1 is 1.06 bits per heavy atom. The molecule has 0 aromatic rings. The molecule has 1 spiro atoms. The molecule has 3 aliphatic heterocycles. The molecule has 18 heavy (non-hydrogen) atoms. The molecule has 3 saturated heterocycles. The fourth-order valence-electron chi connectivity index (χ4n) is 2.60. The van der Waals surface area contributed by atoms with E-state index >= 15 is 0 Å². The van der Waals surface area contributed by atoms with Gasteiger partial charge in [-0.15, -0.1) is 0 Å². The minimum atomic E-state index is -1.34. The number of hydrogen-bond donors (Lipinski definition) is 0. The van der Waals surface area contributed by atoms with Gasteiger partial charge in [0.25, 0.3) is 5.79 Å². The van der Waals surface area contributed by atoms with Crippen LogP contribution in [0.15, 0.2) is 0 Å². The van der Waals surface area contributed by atoms with Crippen LogP contribution < -0.4 is 0 Å². The standard InChI is InChI=1S/C12H18O6/c1-10(2)15-6-12(18-10)9(13)8-7(5-14-12)16-11(3,4)17-8/h7-8H,5-6H2,1-4H3/t7-,8-,12-/m1/s1. The third kappa shape index (κ3) is 1.80. The number of Topliss-reactive ketones (excluding diaryl/α,β-unsaturated/α-hetero) is 1. The van der Waals surface area contributed by atoms with Gasteiger partial charge in [0.15, 0.2) is 17.7 Å². The fourth-order valence-corrected chi connectivity index (χ4v) is 2.60. The van der Waals surface area contributed by atoms with Gasteiger partial charge in [-0.05, 0) is 27.7 Å². The van der Waals surface area contributed by atoms with Crippen molar-refractivity contribution in [2.75, 3.05) is 13.2 Å². The highest BCUT2D eigenvalue weighted by molar-refractivity contribution is 5.92. The predicted octanol–water partition coefficient (Wildman–Crippen LogP) is 0.585. The molecule has 6 heteroatoms. The van der Waals surface area contributed by atoms with Crippen LogP contribution in [0.1, 0.15) is 27.7 Å². The fraction of sp³-hybridized carbons (Fsp3) is 0.917. The molecule has 0 unspecified atom stereocenters. The summed E-state index contributed by atoms with van der Waals surface area (Å²) >= 11 is 0. The Morgan fingerprint density at radius 3 is 2.39 bits per heavy atom. The highest BCUT2D eigenvalue weighted by Gasteiger charge is 2.62. The van der Waals surface area contributed by atoms with Crippen molar-refractivity contribution in [3.05, 3.63) is 0 Å². The molecule has 3 aliphatic rings. The van der Waals surface area contributed by atoms with Crippen molar-refractivity contribution in [3.8, 4) is 0 Å². The molecule has 0 amide bonds. The molecule has 0 bridgehead atoms. The molecule has 0 saturated carbocycles. The Kier molecular flexibility index (Phi) is 2.44. The molecule has 0 aromatic heterocycles. The minimum absolute atomic E-state index is 0.0891. The van der Waals surface area contributed by atoms with Crippen molar-refractivity contribution in [1.82, 2.24) is 0 Å². The second-order valence-electron chi connectivity index (χ2n) is 5.81. The molecule has 0 aromatic carbocycles. The summed E-state index contributed by atoms with van der Waals surface area (Å²) in [5, 5.41) is 0. The van der Waals surface area contributed by atoms with Crippen LogP contribution >= 0.6 is 0 Å². The molecule has 3 atom stereocenters. The summed E-state index contributed by atoms with van der Waals surface area (Å²) in [7, 11) is 0. The smallest absolute Gasteiger partial charge is 0.258 e. The number of carbonyl (C=O) groups is 1. The summed E-state index contributed by atoms with van der Waals surface area (Å²) in [4.78, 5) is 12.5. The van der Waals surface area contributed by atoms with Gasteiger partial charge in [-0.2, -0.15) is 0 Å². The number of rotatable bonds is 0. The maximum Gasteiger partial charge on any atom is 0.258 e. The van der Waals surface area contributed by atoms with E-state index in [1.807, 2.05) is 0 Å². The van der Waals surface area contributed by atoms with Crippen molar-refractivity contribution in [1.29, 1.82) is 0 Å². The van der Waals surface area contributed by atoms with Crippen molar-refractivity contribution in [2.45, 2.75) is 57.3 Å². The van der Waals surface area contributed by atoms with Crippen LogP contribution in [0.4, 0.5) is 0 Å². The number of fused-ring (bicyclic) bond motifs is 1. The Balaban J connectivity index is 1.84. The van der Waals surface area contributed by atoms with Gasteiger partial charge in [-0.3, -0.25) is 4.79 Å². The van der Waals surface area contributed by atoms with Gasteiger partial charge in [0.05, 0.1) is 6.61 Å². The number of carbonyl (C=O) groups excluding carboxylic acids is 1. The second-order valence-corrected chi connectivity index (χ2v) is 5.81. The molecule has 3 rings (SSSR count). The van der Waals surface area contributed by atoms with Gasteiger partial charge in [-0.1, -0.05) is 0 Å². The third-order valence-corrected chi connectivity index (χ3v) is 3.32. The molecule has 102 valence electrons. The third-order valence-electron chi connectivity index (χ3n) is 3.32. The first kappa shape index (κ1) is 12.5. The highest BCUT2D eigenvalue weighted by Crippen LogP contribution is 2.41. The Labute approximate surface area is 105 Å². The van der Waals surface area contributed by atoms with E-state index in [0.29, 0.717) is 0 Å². The second kappa shape index (κ2) is 3.52. The SMILES string of the molecule is CC1(C)O[C@@H]2CO[C@@]3(COC(C)(C)O3)C(=O)[C@@H]2O1. The average Bonchev–Trinajstić information content (AvgIpc) is 2.71. The van der Waals surface area contributed by atoms with Gasteiger partial charge < -0.3 is 23.7 Å². The van der Waals surface area contributed by atoms with E-state index in [4.69, 9.17) is 23.7 Å². The molecule has 0 radical (unpaired) electrons. The van der Waals surface area contributed by atoms with E-state index in [-0.39, 0.29) is 25.1 Å². The average molecular weight is 258 g/mol. The van der Waals surface area contributed by atoms with E-state index < -0.39 is 23.5 Å². The first-order valence-electron chi connectivity index (χ1n) is 6.11. The molecule has 0 N–H and O–H groups in total. The quantitative estimate of drug-likeness (QED) is 0.633. The van der Waals surface area contributed by atoms with Crippen LogP contribution in [0.5, 0.6) is 0 Å². The maximum absolute atomic E-state index is 12.5. The monoisotopic (exact) mass is 258 g/mol. The van der Waals surface area contributed by atoms with E-state index in [2.05, 4.69) is 0 Å². The molecular formula is C12H18O6. The largest absolute Gasteiger partial charge is 0.344 e. The van der Waals surface area contributed by atoms with E-state index in [0.717, 1.165) is 0 Å². The van der Waals surface area contributed by atoms with Crippen molar-refractivity contribution >= 4 is 5.78 Å². The highest BCUT2D eigenvalue weighted by atomic mass is 16.8. The van der Waals surface area contributed by atoms with Crippen molar-refractivity contribution in [2.24, 2.45) is 0 Å². The summed E-state index contributed by atoms with van der Waals surface area (Å²) in [5.74, 6) is -3.18. The molecule has 0 aliphatic carbocycles. The number of ketones is 1. The van der Waals surface area contributed by atoms with Crippen LogP contribution in [0, 0.1) is 0 Å². The molecule has 6 nitrogen and oxygen atoms in total. The van der Waals surface area contributed by atoms with Gasteiger partial charge in [0.1, 0.15) is 12.7 Å². The van der Waals surface area contributed by atoms with Crippen molar-refractivity contribution in [3.63, 3.8) is 0 Å². The number of ether oxygens (including phenoxy) is 5. The Bertz CT molecular complexity index is 388. The summed E-state index contributed by atoms with van der Waals surface area (Å²) in [6, 6.07) is 0. The first-order chi connectivity index (χ1) is 8.23. The first-order valence-corrected chi connectivity index (χ1v) is 6.11. The van der Waals surface area contributed by atoms with E-state index in [1.54, 1.807) is 27.7 Å². The normalized spacial score (nSPS) is 45.4. The summed E-state index contributed by atoms with van der Waals surface area (Å²) < 4.78 is 27.9. The zero-order valence-corrected chi connectivity index (χ0v) is 11.0. The Morgan fingerprint density at radius 2 is 1.78 bits per heavy atom. The van der Waals surface area contributed by atoms with Crippen LogP contribution in [-0.4, -0.2) is 48.6 Å². The lowest BCUT2D eigenvalue weighted by atomic mass is 9.99. The minimum Gasteiger partial charge on any atom is -0.344 e. The van der Waals surface area contributed by atoms with E-state index in [1.165, 1.54) is 0 Å². The lowest BCUT2D eigenvalue weighted by Crippen LogP contribution is -2.58. The van der Waals surface area contributed by atoms with Crippen LogP contribution in [0.25, 0.3) is 0 Å². The Hall–Kier alpha value is -0.530. The summed E-state index contributed by atoms with van der Waals surface area (Å²) in [6.07, 6.45) is -1.02. The summed E-state index contributed by atoms with van der Waals surface area (Å²) in [5.41, 5.74) is 0. The predicted molar refractivity (Wildman–Crippen MR) is 58.6 cm³/mol. The topological polar surface area (TPSA) is 63.2 Å². The van der Waals surface area contributed by atoms with Crippen LogP contribution in [-0.2, 0) is 28.5 Å². The van der Waals surface area contributed by atoms with Gasteiger partial charge in [-0.25, -0.2) is 0 Å². The van der Waals surface area contributed by atoms with Crippen molar-refractivity contribution < 1.29 is 28.5 Å². The van der Waals surface area contributed by atoms with Crippen LogP contribution in [0.2, 0.25) is 0 Å². The maximum atomic E-state index is 12.5. The number of hydrogen-bond acceptors (Lipinski definition) is 6. The lowest BCUT2D eigenvalue weighted by molar-refractivity contribution is -0.263. The summed E-state index contributed by atoms with van der Waals surface area (Å²) in [6.45, 7) is 7.41. The molecule has 3 heterocycles. The van der Waals surface area contributed by atoms with Crippen LogP contribution in [0.3, 0.4) is 0 Å². The molecular weight excluding hydrogens is 240 g/mol. The lowest BCUT2D eigenvalue weighted by Gasteiger charge is -2.35. The van der Waals surface area contributed by atoms with Gasteiger partial charge in [0, 0.05) is 0 Å². The zero-order chi connectivity index (χ0) is 13.2. The van der Waals surface area contributed by atoms with Gasteiger partial charge >= 0.3 is 0 Å². The molecule has 3 fully saturated rings. The van der Waals surface area contributed by atoms with Gasteiger partial charge in [0.2, 0.25) is 5.78 Å². The van der Waals surface area contributed by atoms with E-state index in [9.17, 15) is 4.79 Å².